The van der Waals surface area contributed by atoms with E-state index < -0.39 is 12.1 Å². The van der Waals surface area contributed by atoms with Gasteiger partial charge in [0.15, 0.2) is 6.10 Å². The highest BCUT2D eigenvalue weighted by molar-refractivity contribution is 6.24. The van der Waals surface area contributed by atoms with Crippen molar-refractivity contribution in [2.45, 2.75) is 25.9 Å². The summed E-state index contributed by atoms with van der Waals surface area (Å²) in [6.07, 6.45) is 4.69. The number of esters is 1. The second kappa shape index (κ2) is 7.76. The highest BCUT2D eigenvalue weighted by atomic mass is 16.5. The van der Waals surface area contributed by atoms with Gasteiger partial charge in [-0.3, -0.25) is 14.4 Å². The molecule has 0 aromatic heterocycles. The Bertz CT molecular complexity index is 1200. The molecule has 0 spiro atoms. The maximum Gasteiger partial charge on any atom is 0.341 e. The molecule has 1 aliphatic heterocycles. The van der Waals surface area contributed by atoms with E-state index in [9.17, 15) is 19.2 Å². The summed E-state index contributed by atoms with van der Waals surface area (Å²) in [5, 5.41) is 0. The standard InChI is InChI=1S/C28H25NO5/c1-2-22(25(30)15-8-4-3-5-9-15)34-28(33)18-10-6-7-11-21(18)29-26(31)23-16-12-13-17(20-14-19(16)20)24(23)27(29)32/h3-13,16-17,19-20,22-24H,2,14H2,1H3. The average molecular weight is 456 g/mol. The lowest BCUT2D eigenvalue weighted by Gasteiger charge is -2.37. The van der Waals surface area contributed by atoms with Crippen molar-refractivity contribution >= 4 is 29.3 Å². The van der Waals surface area contributed by atoms with E-state index in [1.54, 1.807) is 55.5 Å². The number of benzene rings is 2. The van der Waals surface area contributed by atoms with Crippen LogP contribution in [0.3, 0.4) is 0 Å². The zero-order valence-corrected chi connectivity index (χ0v) is 18.8. The summed E-state index contributed by atoms with van der Waals surface area (Å²) in [5.74, 6) is -0.940. The van der Waals surface area contributed by atoms with E-state index in [4.69, 9.17) is 4.74 Å². The monoisotopic (exact) mass is 455 g/mol. The third-order valence-corrected chi connectivity index (χ3v) is 8.00. The van der Waals surface area contributed by atoms with Gasteiger partial charge in [-0.15, -0.1) is 0 Å². The summed E-state index contributed by atoms with van der Waals surface area (Å²) < 4.78 is 5.62. The lowest BCUT2D eigenvalue weighted by atomic mass is 9.63. The molecule has 0 N–H and O–H groups in total. The van der Waals surface area contributed by atoms with Gasteiger partial charge in [0.25, 0.3) is 0 Å². The molecule has 4 aliphatic carbocycles. The molecular weight excluding hydrogens is 430 g/mol. The Kier molecular flexibility index (Phi) is 4.80. The fourth-order valence-corrected chi connectivity index (χ4v) is 6.34. The minimum absolute atomic E-state index is 0.105. The van der Waals surface area contributed by atoms with Gasteiger partial charge in [0.2, 0.25) is 17.6 Å². The van der Waals surface area contributed by atoms with E-state index in [0.717, 1.165) is 6.42 Å². The molecule has 1 heterocycles. The van der Waals surface area contributed by atoms with Crippen molar-refractivity contribution in [3.05, 3.63) is 77.9 Å². The van der Waals surface area contributed by atoms with Gasteiger partial charge < -0.3 is 4.74 Å². The highest BCUT2D eigenvalue weighted by Gasteiger charge is 2.67. The van der Waals surface area contributed by atoms with E-state index in [1.165, 1.54) is 4.90 Å². The number of nitrogens with zero attached hydrogens (tertiary/aromatic N) is 1. The van der Waals surface area contributed by atoms with Crippen LogP contribution in [0.5, 0.6) is 0 Å². The van der Waals surface area contributed by atoms with E-state index in [0.29, 0.717) is 23.8 Å². The van der Waals surface area contributed by atoms with Crippen LogP contribution in [0.4, 0.5) is 5.69 Å². The maximum atomic E-state index is 13.5. The number of anilines is 1. The Morgan fingerprint density at radius 3 is 2.12 bits per heavy atom. The van der Waals surface area contributed by atoms with Crippen LogP contribution >= 0.6 is 0 Å². The van der Waals surface area contributed by atoms with E-state index in [2.05, 4.69) is 12.2 Å². The summed E-state index contributed by atoms with van der Waals surface area (Å²) in [4.78, 5) is 54.3. The molecule has 2 amide bonds. The molecule has 0 radical (unpaired) electrons. The molecule has 6 heteroatoms. The molecule has 7 unspecified atom stereocenters. The summed E-state index contributed by atoms with van der Waals surface area (Å²) in [5.41, 5.74) is 0.825. The molecular formula is C28H25NO5. The van der Waals surface area contributed by atoms with Gasteiger partial charge in [0.05, 0.1) is 23.1 Å². The first kappa shape index (κ1) is 21.0. The number of imide groups is 1. The van der Waals surface area contributed by atoms with Crippen molar-refractivity contribution < 1.29 is 23.9 Å². The fourth-order valence-electron chi connectivity index (χ4n) is 6.34. The van der Waals surface area contributed by atoms with Gasteiger partial charge in [-0.05, 0) is 48.6 Å². The number of rotatable bonds is 6. The smallest absolute Gasteiger partial charge is 0.341 e. The molecule has 6 nitrogen and oxygen atoms in total. The van der Waals surface area contributed by atoms with Crippen LogP contribution in [-0.4, -0.2) is 29.7 Å². The van der Waals surface area contributed by atoms with Gasteiger partial charge in [0, 0.05) is 5.56 Å². The largest absolute Gasteiger partial charge is 0.450 e. The molecule has 34 heavy (non-hydrogen) atoms. The number of Topliss-reactive ketones (excluding diaryl/α,β-unsaturated/α-hetero) is 1. The molecule has 7 atom stereocenters. The number of hydrogen-bond acceptors (Lipinski definition) is 5. The molecule has 1 saturated heterocycles. The van der Waals surface area contributed by atoms with Crippen LogP contribution in [0.1, 0.15) is 40.5 Å². The number of ether oxygens (including phenoxy) is 1. The molecule has 7 rings (SSSR count). The molecule has 2 bridgehead atoms. The number of hydrogen-bond donors (Lipinski definition) is 0. The second-order valence-electron chi connectivity index (χ2n) is 9.72. The molecule has 5 aliphatic rings. The van der Waals surface area contributed by atoms with Gasteiger partial charge in [0.1, 0.15) is 0 Å². The normalized spacial score (nSPS) is 31.1. The molecule has 2 aromatic rings. The van der Waals surface area contributed by atoms with Crippen molar-refractivity contribution in [2.24, 2.45) is 35.5 Å². The van der Waals surface area contributed by atoms with Crippen molar-refractivity contribution in [1.29, 1.82) is 0 Å². The Morgan fingerprint density at radius 1 is 0.912 bits per heavy atom. The zero-order valence-electron chi connectivity index (χ0n) is 18.8. The van der Waals surface area contributed by atoms with E-state index in [-0.39, 0.29) is 52.5 Å². The Balaban J connectivity index is 1.28. The molecule has 3 fully saturated rings. The quantitative estimate of drug-likeness (QED) is 0.284. The second-order valence-corrected chi connectivity index (χ2v) is 9.72. The summed E-state index contributed by atoms with van der Waals surface area (Å²) in [6.45, 7) is 1.77. The predicted octanol–water partition coefficient (Wildman–Crippen LogP) is 4.06. The summed E-state index contributed by atoms with van der Waals surface area (Å²) in [7, 11) is 0. The summed E-state index contributed by atoms with van der Waals surface area (Å²) >= 11 is 0. The van der Waals surface area contributed by atoms with Crippen LogP contribution in [0.2, 0.25) is 0 Å². The van der Waals surface area contributed by atoms with E-state index >= 15 is 0 Å². The van der Waals surface area contributed by atoms with Gasteiger partial charge >= 0.3 is 5.97 Å². The first-order valence-electron chi connectivity index (χ1n) is 12.0. The molecule has 172 valence electrons. The van der Waals surface area contributed by atoms with Crippen LogP contribution in [0.15, 0.2) is 66.7 Å². The van der Waals surface area contributed by atoms with Crippen molar-refractivity contribution in [3.63, 3.8) is 0 Å². The lowest BCUT2D eigenvalue weighted by molar-refractivity contribution is -0.124. The predicted molar refractivity (Wildman–Crippen MR) is 124 cm³/mol. The van der Waals surface area contributed by atoms with Gasteiger partial charge in [-0.25, -0.2) is 9.69 Å². The maximum absolute atomic E-state index is 13.5. The number of amides is 2. The average Bonchev–Trinajstić information content (AvgIpc) is 3.65. The van der Waals surface area contributed by atoms with Crippen LogP contribution < -0.4 is 4.90 Å². The first-order chi connectivity index (χ1) is 16.5. The van der Waals surface area contributed by atoms with Crippen molar-refractivity contribution in [2.75, 3.05) is 4.90 Å². The topological polar surface area (TPSA) is 80.8 Å². The number of carbonyl (C=O) groups is 4. The number of ketones is 1. The summed E-state index contributed by atoms with van der Waals surface area (Å²) in [6, 6.07) is 15.2. The minimum atomic E-state index is -0.956. The first-order valence-corrected chi connectivity index (χ1v) is 12.0. The van der Waals surface area contributed by atoms with Gasteiger partial charge in [-0.1, -0.05) is 61.5 Å². The van der Waals surface area contributed by atoms with Crippen LogP contribution in [0.25, 0.3) is 0 Å². The van der Waals surface area contributed by atoms with Crippen molar-refractivity contribution in [3.8, 4) is 0 Å². The number of allylic oxidation sites excluding steroid dienone is 2. The number of para-hydroxylation sites is 1. The minimum Gasteiger partial charge on any atom is -0.450 e. The fraction of sp³-hybridized carbons (Fsp3) is 0.357. The Morgan fingerprint density at radius 2 is 1.50 bits per heavy atom. The third-order valence-electron chi connectivity index (χ3n) is 8.00. The third kappa shape index (κ3) is 3.01. The van der Waals surface area contributed by atoms with Crippen molar-refractivity contribution in [1.82, 2.24) is 0 Å². The SMILES string of the molecule is CCC(OC(=O)c1ccccc1N1C(=O)C2C3C=CC(C4CC34)C2C1=O)C(=O)c1ccccc1. The van der Waals surface area contributed by atoms with Crippen LogP contribution in [-0.2, 0) is 14.3 Å². The molecule has 2 saturated carbocycles. The highest BCUT2D eigenvalue weighted by Crippen LogP contribution is 2.65. The van der Waals surface area contributed by atoms with Gasteiger partial charge in [-0.2, -0.15) is 0 Å². The van der Waals surface area contributed by atoms with Crippen LogP contribution in [0, 0.1) is 35.5 Å². The van der Waals surface area contributed by atoms with E-state index in [1.807, 2.05) is 6.07 Å². The Labute approximate surface area is 197 Å². The lowest BCUT2D eigenvalue weighted by Crippen LogP contribution is -2.40. The number of carbonyl (C=O) groups excluding carboxylic acids is 4. The zero-order chi connectivity index (χ0) is 23.6. The Hall–Kier alpha value is -3.54. The molecule has 2 aromatic carbocycles.